The molecular weight excluding hydrogens is 615 g/mol. The van der Waals surface area contributed by atoms with Crippen LogP contribution in [0.3, 0.4) is 0 Å². The quantitative estimate of drug-likeness (QED) is 0.0375. The molecule has 280 valence electrons. The second-order valence-electron chi connectivity index (χ2n) is 13.6. The summed E-state index contributed by atoms with van der Waals surface area (Å²) in [6.45, 7) is 3.69. The van der Waals surface area contributed by atoms with Crippen LogP contribution in [0.25, 0.3) is 0 Å². The van der Waals surface area contributed by atoms with Crippen molar-refractivity contribution in [2.75, 3.05) is 13.2 Å². The van der Waals surface area contributed by atoms with Gasteiger partial charge in [0.15, 0.2) is 6.10 Å². The van der Waals surface area contributed by atoms with Crippen molar-refractivity contribution in [1.82, 2.24) is 0 Å². The van der Waals surface area contributed by atoms with Crippen molar-refractivity contribution in [3.63, 3.8) is 0 Å². The van der Waals surface area contributed by atoms with E-state index in [1.807, 2.05) is 0 Å². The Morgan fingerprint density at radius 2 is 0.766 bits per heavy atom. The minimum absolute atomic E-state index is 0.220. The number of unbranched alkanes of at least 4 members (excludes halogenated alkanes) is 27. The third kappa shape index (κ3) is 37.7. The van der Waals surface area contributed by atoms with Crippen LogP contribution >= 0.6 is 7.82 Å². The standard InChI is InChI=1S/C38H75O8P/c1-3-5-7-9-11-13-15-16-17-18-19-20-21-23-25-27-29-31-33-38(40)46-36(35-45-47(41,42)43)34-44-37(39)32-30-28-26-24-22-14-12-10-8-6-4-2/h36H,3-35H2,1-2H3,(H2,41,42,43)/t36-/m1/s1. The molecule has 47 heavy (non-hydrogen) atoms. The van der Waals surface area contributed by atoms with Gasteiger partial charge in [-0.05, 0) is 12.8 Å². The Balaban J connectivity index is 3.86. The van der Waals surface area contributed by atoms with E-state index in [9.17, 15) is 14.2 Å². The molecule has 0 amide bonds. The molecular formula is C38H75O8P. The minimum atomic E-state index is -4.74. The summed E-state index contributed by atoms with van der Waals surface area (Å²) < 4.78 is 26.3. The van der Waals surface area contributed by atoms with E-state index in [0.29, 0.717) is 6.42 Å². The predicted molar refractivity (Wildman–Crippen MR) is 193 cm³/mol. The molecule has 0 aliphatic carbocycles. The van der Waals surface area contributed by atoms with Gasteiger partial charge in [0.25, 0.3) is 0 Å². The molecule has 0 unspecified atom stereocenters. The van der Waals surface area contributed by atoms with Crippen LogP contribution in [0.5, 0.6) is 0 Å². The van der Waals surface area contributed by atoms with Crippen molar-refractivity contribution in [1.29, 1.82) is 0 Å². The largest absolute Gasteiger partial charge is 0.469 e. The Bertz CT molecular complexity index is 741. The van der Waals surface area contributed by atoms with Gasteiger partial charge in [-0.2, -0.15) is 0 Å². The molecule has 0 heterocycles. The van der Waals surface area contributed by atoms with Crippen LogP contribution in [-0.2, 0) is 28.2 Å². The summed E-state index contributed by atoms with van der Waals surface area (Å²) in [5, 5.41) is 0. The number of hydrogen-bond acceptors (Lipinski definition) is 6. The highest BCUT2D eigenvalue weighted by Gasteiger charge is 2.22. The first-order valence-electron chi connectivity index (χ1n) is 19.8. The molecule has 8 nitrogen and oxygen atoms in total. The van der Waals surface area contributed by atoms with Gasteiger partial charge in [-0.15, -0.1) is 0 Å². The fourth-order valence-electron chi connectivity index (χ4n) is 5.90. The maximum atomic E-state index is 12.4. The highest BCUT2D eigenvalue weighted by molar-refractivity contribution is 7.46. The predicted octanol–water partition coefficient (Wildman–Crippen LogP) is 11.7. The van der Waals surface area contributed by atoms with Gasteiger partial charge in [-0.1, -0.05) is 187 Å². The number of phosphoric ester groups is 1. The van der Waals surface area contributed by atoms with Gasteiger partial charge in [0, 0.05) is 12.8 Å². The van der Waals surface area contributed by atoms with E-state index in [1.165, 1.54) is 148 Å². The van der Waals surface area contributed by atoms with E-state index in [0.717, 1.165) is 32.1 Å². The summed E-state index contributed by atoms with van der Waals surface area (Å²) in [5.41, 5.74) is 0. The summed E-state index contributed by atoms with van der Waals surface area (Å²) in [5.74, 6) is -0.871. The summed E-state index contributed by atoms with van der Waals surface area (Å²) in [4.78, 5) is 42.7. The zero-order valence-electron chi connectivity index (χ0n) is 30.7. The first kappa shape index (κ1) is 46.0. The summed E-state index contributed by atoms with van der Waals surface area (Å²) in [6, 6.07) is 0. The molecule has 0 radical (unpaired) electrons. The normalized spacial score (nSPS) is 12.3. The molecule has 0 spiro atoms. The van der Waals surface area contributed by atoms with Crippen LogP contribution in [0, 0.1) is 0 Å². The first-order valence-corrected chi connectivity index (χ1v) is 21.4. The molecule has 0 aromatic heterocycles. The summed E-state index contributed by atoms with van der Waals surface area (Å²) in [7, 11) is -4.74. The lowest BCUT2D eigenvalue weighted by molar-refractivity contribution is -0.161. The van der Waals surface area contributed by atoms with Crippen LogP contribution in [0.1, 0.15) is 213 Å². The average molecular weight is 691 g/mol. The fourth-order valence-corrected chi connectivity index (χ4v) is 6.26. The highest BCUT2D eigenvalue weighted by atomic mass is 31.2. The van der Waals surface area contributed by atoms with Crippen molar-refractivity contribution in [2.24, 2.45) is 0 Å². The van der Waals surface area contributed by atoms with E-state index < -0.39 is 32.5 Å². The van der Waals surface area contributed by atoms with Crippen molar-refractivity contribution in [3.8, 4) is 0 Å². The van der Waals surface area contributed by atoms with Crippen molar-refractivity contribution in [3.05, 3.63) is 0 Å². The van der Waals surface area contributed by atoms with Gasteiger partial charge in [0.2, 0.25) is 0 Å². The molecule has 0 aromatic carbocycles. The Kier molecular flexibility index (Phi) is 34.2. The lowest BCUT2D eigenvalue weighted by Crippen LogP contribution is -2.29. The van der Waals surface area contributed by atoms with Crippen LogP contribution in [0.2, 0.25) is 0 Å². The van der Waals surface area contributed by atoms with Crippen molar-refractivity contribution >= 4 is 19.8 Å². The lowest BCUT2D eigenvalue weighted by atomic mass is 10.0. The molecule has 0 rings (SSSR count). The fraction of sp³-hybridized carbons (Fsp3) is 0.947. The molecule has 0 aliphatic rings. The summed E-state index contributed by atoms with van der Waals surface area (Å²) in [6.07, 6.45) is 35.4. The molecule has 0 saturated heterocycles. The molecule has 2 N–H and O–H groups in total. The van der Waals surface area contributed by atoms with E-state index in [4.69, 9.17) is 19.3 Å². The lowest BCUT2D eigenvalue weighted by Gasteiger charge is -2.18. The number of rotatable bonds is 37. The minimum Gasteiger partial charge on any atom is -0.462 e. The van der Waals surface area contributed by atoms with Gasteiger partial charge in [0.1, 0.15) is 6.61 Å². The molecule has 1 atom stereocenters. The van der Waals surface area contributed by atoms with Gasteiger partial charge in [-0.3, -0.25) is 14.1 Å². The Hall–Kier alpha value is -0.950. The zero-order chi connectivity index (χ0) is 34.7. The zero-order valence-corrected chi connectivity index (χ0v) is 31.6. The smallest absolute Gasteiger partial charge is 0.462 e. The van der Waals surface area contributed by atoms with Crippen molar-refractivity contribution in [2.45, 2.75) is 219 Å². The van der Waals surface area contributed by atoms with Gasteiger partial charge in [-0.25, -0.2) is 4.57 Å². The van der Waals surface area contributed by atoms with E-state index in [-0.39, 0.29) is 19.4 Å². The Morgan fingerprint density at radius 1 is 0.468 bits per heavy atom. The topological polar surface area (TPSA) is 119 Å². The number of carbonyl (C=O) groups is 2. The third-order valence-electron chi connectivity index (χ3n) is 8.88. The van der Waals surface area contributed by atoms with Crippen LogP contribution in [0.15, 0.2) is 0 Å². The Labute approximate surface area is 289 Å². The SMILES string of the molecule is CCCCCCCCCCCCCCCCCCCCC(=O)O[C@H](COC(=O)CCCCCCCCCCCCC)COP(=O)(O)O. The second kappa shape index (κ2) is 34.9. The van der Waals surface area contributed by atoms with Crippen molar-refractivity contribution < 1.29 is 37.9 Å². The van der Waals surface area contributed by atoms with Gasteiger partial charge in [0.05, 0.1) is 6.61 Å². The maximum absolute atomic E-state index is 12.4. The van der Waals surface area contributed by atoms with E-state index in [1.54, 1.807) is 0 Å². The molecule has 0 aliphatic heterocycles. The molecule has 0 aromatic rings. The van der Waals surface area contributed by atoms with Gasteiger partial charge >= 0.3 is 19.8 Å². The van der Waals surface area contributed by atoms with Crippen LogP contribution < -0.4 is 0 Å². The average Bonchev–Trinajstić information content (AvgIpc) is 3.03. The highest BCUT2D eigenvalue weighted by Crippen LogP contribution is 2.36. The number of esters is 2. The van der Waals surface area contributed by atoms with E-state index in [2.05, 4.69) is 18.4 Å². The number of hydrogen-bond donors (Lipinski definition) is 2. The second-order valence-corrected chi connectivity index (χ2v) is 14.9. The monoisotopic (exact) mass is 691 g/mol. The molecule has 0 saturated carbocycles. The van der Waals surface area contributed by atoms with E-state index >= 15 is 0 Å². The number of carbonyl (C=O) groups excluding carboxylic acids is 2. The number of ether oxygens (including phenoxy) is 2. The third-order valence-corrected chi connectivity index (χ3v) is 9.36. The molecule has 0 fully saturated rings. The van der Waals surface area contributed by atoms with Crippen LogP contribution in [0.4, 0.5) is 0 Å². The summed E-state index contributed by atoms with van der Waals surface area (Å²) >= 11 is 0. The van der Waals surface area contributed by atoms with Crippen LogP contribution in [-0.4, -0.2) is 41.0 Å². The van der Waals surface area contributed by atoms with Gasteiger partial charge < -0.3 is 19.3 Å². The Morgan fingerprint density at radius 3 is 1.09 bits per heavy atom. The molecule has 9 heteroatoms. The first-order chi connectivity index (χ1) is 22.8. The maximum Gasteiger partial charge on any atom is 0.469 e. The molecule has 0 bridgehead atoms. The number of phosphoric acid groups is 1.